The fraction of sp³-hybridized carbons (Fsp3) is 0.0500. The van der Waals surface area contributed by atoms with Gasteiger partial charge in [-0.2, -0.15) is 0 Å². The summed E-state index contributed by atoms with van der Waals surface area (Å²) in [4.78, 5) is 28.6. The topological polar surface area (TPSA) is 91.3 Å². The summed E-state index contributed by atoms with van der Waals surface area (Å²) in [5.41, 5.74) is 1.23. The second-order valence-electron chi connectivity index (χ2n) is 5.79. The smallest absolute Gasteiger partial charge is 0.258 e. The molecular formula is C20H16FN3O3. The molecule has 1 heterocycles. The minimum atomic E-state index is -0.632. The Morgan fingerprint density at radius 3 is 2.52 bits per heavy atom. The van der Waals surface area contributed by atoms with Crippen molar-refractivity contribution in [2.75, 3.05) is 10.6 Å². The van der Waals surface area contributed by atoms with Gasteiger partial charge in [0, 0.05) is 17.4 Å². The van der Waals surface area contributed by atoms with Gasteiger partial charge in [0.2, 0.25) is 0 Å². The minimum absolute atomic E-state index is 0.0278. The molecule has 0 fully saturated rings. The second-order valence-corrected chi connectivity index (χ2v) is 5.79. The predicted octanol–water partition coefficient (Wildman–Crippen LogP) is 3.74. The summed E-state index contributed by atoms with van der Waals surface area (Å²) in [6, 6.07) is 13.3. The van der Waals surface area contributed by atoms with E-state index in [0.29, 0.717) is 11.3 Å². The number of nitrogens with one attached hydrogen (secondary N) is 2. The monoisotopic (exact) mass is 365 g/mol. The number of aromatic hydroxyl groups is 1. The van der Waals surface area contributed by atoms with Gasteiger partial charge in [0.05, 0.1) is 5.56 Å². The van der Waals surface area contributed by atoms with Gasteiger partial charge in [0.15, 0.2) is 11.6 Å². The second kappa shape index (κ2) is 7.65. The molecule has 7 heteroatoms. The first-order chi connectivity index (χ1) is 13.0. The Bertz CT molecular complexity index is 1020. The molecule has 136 valence electrons. The summed E-state index contributed by atoms with van der Waals surface area (Å²) < 4.78 is 13.8. The Labute approximate surface area is 154 Å². The number of nitrogens with zero attached hydrogens (tertiary/aromatic N) is 1. The Kier molecular flexibility index (Phi) is 5.12. The van der Waals surface area contributed by atoms with Gasteiger partial charge in [-0.3, -0.25) is 9.59 Å². The van der Waals surface area contributed by atoms with Gasteiger partial charge < -0.3 is 15.7 Å². The van der Waals surface area contributed by atoms with Gasteiger partial charge in [-0.25, -0.2) is 9.37 Å². The molecule has 0 aliphatic carbocycles. The van der Waals surface area contributed by atoms with Crippen LogP contribution in [0.2, 0.25) is 0 Å². The van der Waals surface area contributed by atoms with Crippen LogP contribution >= 0.6 is 0 Å². The van der Waals surface area contributed by atoms with E-state index in [1.807, 2.05) is 0 Å². The van der Waals surface area contributed by atoms with Crippen molar-refractivity contribution >= 4 is 23.3 Å². The standard InChI is InChI=1S/C20H16FN3O3/c1-12-8-9-13(19(26)24-18-17(25)7-4-10-22-18)11-16(12)23-20(27)14-5-2-3-6-15(14)21/h2-11,25H,1H3,(H,23,27)(H,22,24,26). The summed E-state index contributed by atoms with van der Waals surface area (Å²) in [6.45, 7) is 1.75. The lowest BCUT2D eigenvalue weighted by molar-refractivity contribution is 0.101. The summed E-state index contributed by atoms with van der Waals surface area (Å²) in [5.74, 6) is -1.89. The van der Waals surface area contributed by atoms with Crippen molar-refractivity contribution in [3.05, 3.63) is 83.3 Å². The molecule has 27 heavy (non-hydrogen) atoms. The molecule has 3 N–H and O–H groups in total. The first-order valence-electron chi connectivity index (χ1n) is 8.07. The maximum atomic E-state index is 13.8. The molecule has 1 aromatic heterocycles. The SMILES string of the molecule is Cc1ccc(C(=O)Nc2ncccc2O)cc1NC(=O)c1ccccc1F. The van der Waals surface area contributed by atoms with Gasteiger partial charge in [-0.15, -0.1) is 0 Å². The van der Waals surface area contributed by atoms with Crippen LogP contribution in [0.1, 0.15) is 26.3 Å². The van der Waals surface area contributed by atoms with E-state index < -0.39 is 17.6 Å². The number of hydrogen-bond donors (Lipinski definition) is 3. The number of rotatable bonds is 4. The van der Waals surface area contributed by atoms with Crippen molar-refractivity contribution in [1.29, 1.82) is 0 Å². The maximum Gasteiger partial charge on any atom is 0.258 e. The van der Waals surface area contributed by atoms with Crippen LogP contribution in [0.5, 0.6) is 5.75 Å². The van der Waals surface area contributed by atoms with Gasteiger partial charge in [-0.05, 0) is 48.9 Å². The molecule has 0 aliphatic rings. The van der Waals surface area contributed by atoms with Crippen LogP contribution in [0.15, 0.2) is 60.8 Å². The number of halogens is 1. The van der Waals surface area contributed by atoms with Crippen LogP contribution in [-0.4, -0.2) is 21.9 Å². The number of amides is 2. The zero-order chi connectivity index (χ0) is 19.4. The molecule has 0 atom stereocenters. The number of carbonyl (C=O) groups excluding carboxylic acids is 2. The fourth-order valence-corrected chi connectivity index (χ4v) is 2.41. The summed E-state index contributed by atoms with van der Waals surface area (Å²) >= 11 is 0. The van der Waals surface area contributed by atoms with Crippen molar-refractivity contribution in [2.45, 2.75) is 6.92 Å². The van der Waals surface area contributed by atoms with E-state index in [4.69, 9.17) is 0 Å². The number of hydrogen-bond acceptors (Lipinski definition) is 4. The first-order valence-corrected chi connectivity index (χ1v) is 8.07. The number of pyridine rings is 1. The molecule has 6 nitrogen and oxygen atoms in total. The molecule has 2 aromatic carbocycles. The third-order valence-corrected chi connectivity index (χ3v) is 3.88. The van der Waals surface area contributed by atoms with Crippen molar-refractivity contribution in [3.8, 4) is 5.75 Å². The molecule has 0 bridgehead atoms. The zero-order valence-electron chi connectivity index (χ0n) is 14.4. The minimum Gasteiger partial charge on any atom is -0.504 e. The van der Waals surface area contributed by atoms with E-state index >= 15 is 0 Å². The van der Waals surface area contributed by atoms with Gasteiger partial charge in [0.25, 0.3) is 11.8 Å². The van der Waals surface area contributed by atoms with E-state index in [9.17, 15) is 19.1 Å². The molecule has 0 aliphatic heterocycles. The molecule has 0 unspecified atom stereocenters. The van der Waals surface area contributed by atoms with Crippen molar-refractivity contribution in [1.82, 2.24) is 4.98 Å². The van der Waals surface area contributed by atoms with Crippen molar-refractivity contribution in [3.63, 3.8) is 0 Å². The average Bonchev–Trinajstić information content (AvgIpc) is 2.65. The Balaban J connectivity index is 1.82. The fourth-order valence-electron chi connectivity index (χ4n) is 2.41. The van der Waals surface area contributed by atoms with E-state index in [1.165, 1.54) is 42.6 Å². The lowest BCUT2D eigenvalue weighted by Crippen LogP contribution is -2.16. The molecule has 2 amide bonds. The highest BCUT2D eigenvalue weighted by atomic mass is 19.1. The van der Waals surface area contributed by atoms with E-state index in [-0.39, 0.29) is 22.7 Å². The lowest BCUT2D eigenvalue weighted by Gasteiger charge is -2.11. The molecule has 0 saturated carbocycles. The van der Waals surface area contributed by atoms with Crippen LogP contribution in [0.4, 0.5) is 15.9 Å². The van der Waals surface area contributed by atoms with E-state index in [2.05, 4.69) is 15.6 Å². The predicted molar refractivity (Wildman–Crippen MR) is 99.4 cm³/mol. The zero-order valence-corrected chi connectivity index (χ0v) is 14.4. The highest BCUT2D eigenvalue weighted by molar-refractivity contribution is 6.08. The first kappa shape index (κ1) is 18.1. The van der Waals surface area contributed by atoms with Crippen LogP contribution < -0.4 is 10.6 Å². The molecule has 3 aromatic rings. The van der Waals surface area contributed by atoms with Gasteiger partial charge >= 0.3 is 0 Å². The number of benzene rings is 2. The molecule has 0 saturated heterocycles. The van der Waals surface area contributed by atoms with Crippen LogP contribution in [0.25, 0.3) is 0 Å². The van der Waals surface area contributed by atoms with Crippen LogP contribution in [-0.2, 0) is 0 Å². The number of aromatic nitrogens is 1. The highest BCUT2D eigenvalue weighted by Gasteiger charge is 2.15. The summed E-state index contributed by atoms with van der Waals surface area (Å²) in [7, 11) is 0. The summed E-state index contributed by atoms with van der Waals surface area (Å²) in [5, 5.41) is 14.8. The molecule has 3 rings (SSSR count). The van der Waals surface area contributed by atoms with Crippen LogP contribution in [0, 0.1) is 12.7 Å². The van der Waals surface area contributed by atoms with Crippen molar-refractivity contribution in [2.24, 2.45) is 0 Å². The third-order valence-electron chi connectivity index (χ3n) is 3.88. The average molecular weight is 365 g/mol. The number of carbonyl (C=O) groups is 2. The normalized spacial score (nSPS) is 10.3. The largest absolute Gasteiger partial charge is 0.504 e. The van der Waals surface area contributed by atoms with E-state index in [1.54, 1.807) is 25.1 Å². The van der Waals surface area contributed by atoms with Crippen LogP contribution in [0.3, 0.4) is 0 Å². The van der Waals surface area contributed by atoms with Gasteiger partial charge in [-0.1, -0.05) is 18.2 Å². The Morgan fingerprint density at radius 1 is 1.00 bits per heavy atom. The van der Waals surface area contributed by atoms with E-state index in [0.717, 1.165) is 0 Å². The summed E-state index contributed by atoms with van der Waals surface area (Å²) in [6.07, 6.45) is 1.44. The Morgan fingerprint density at radius 2 is 1.78 bits per heavy atom. The Hall–Kier alpha value is -3.74. The third kappa shape index (κ3) is 4.09. The quantitative estimate of drug-likeness (QED) is 0.657. The highest BCUT2D eigenvalue weighted by Crippen LogP contribution is 2.22. The number of aryl methyl sites for hydroxylation is 1. The lowest BCUT2D eigenvalue weighted by atomic mass is 10.1. The maximum absolute atomic E-state index is 13.8. The molecular weight excluding hydrogens is 349 g/mol. The molecule has 0 radical (unpaired) electrons. The molecule has 0 spiro atoms. The van der Waals surface area contributed by atoms with Gasteiger partial charge in [0.1, 0.15) is 5.82 Å². The van der Waals surface area contributed by atoms with Crippen molar-refractivity contribution < 1.29 is 19.1 Å². The number of anilines is 2.